The minimum atomic E-state index is 0.194. The summed E-state index contributed by atoms with van der Waals surface area (Å²) in [5.74, 6) is 1.74. The van der Waals surface area contributed by atoms with Gasteiger partial charge in [-0.25, -0.2) is 0 Å². The normalized spacial score (nSPS) is 37.6. The molecule has 0 radical (unpaired) electrons. The lowest BCUT2D eigenvalue weighted by Gasteiger charge is -2.47. The van der Waals surface area contributed by atoms with Crippen LogP contribution in [0.1, 0.15) is 84.0 Å². The molecule has 0 aromatic carbocycles. The van der Waals surface area contributed by atoms with E-state index in [1.165, 1.54) is 77.0 Å². The van der Waals surface area contributed by atoms with Gasteiger partial charge in [0.1, 0.15) is 0 Å². The van der Waals surface area contributed by atoms with Crippen LogP contribution in [0.2, 0.25) is 0 Å². The second-order valence-electron chi connectivity index (χ2n) is 7.42. The molecule has 0 unspecified atom stereocenters. The predicted octanol–water partition coefficient (Wildman–Crippen LogP) is 5.35. The first-order valence-electron chi connectivity index (χ1n) is 9.32. The third-order valence-corrected chi connectivity index (χ3v) is 6.33. The molecule has 0 atom stereocenters. The van der Waals surface area contributed by atoms with Gasteiger partial charge in [-0.2, -0.15) is 0 Å². The topological polar surface area (TPSA) is 18.5 Å². The van der Waals surface area contributed by atoms with Gasteiger partial charge < -0.3 is 9.47 Å². The minimum Gasteiger partial charge on any atom is -0.381 e. The average Bonchev–Trinajstić information content (AvgIpc) is 2.56. The van der Waals surface area contributed by atoms with Crippen LogP contribution < -0.4 is 0 Å². The molecule has 124 valence electrons. The van der Waals surface area contributed by atoms with Gasteiger partial charge in [0.15, 0.2) is 0 Å². The molecule has 0 heterocycles. The van der Waals surface area contributed by atoms with E-state index in [9.17, 15) is 0 Å². The first-order valence-corrected chi connectivity index (χ1v) is 9.32. The van der Waals surface area contributed by atoms with E-state index in [2.05, 4.69) is 6.92 Å². The molecule has 21 heavy (non-hydrogen) atoms. The van der Waals surface area contributed by atoms with E-state index in [1.807, 2.05) is 14.2 Å². The zero-order valence-corrected chi connectivity index (χ0v) is 14.5. The molecule has 0 aromatic heterocycles. The molecule has 2 aliphatic rings. The van der Waals surface area contributed by atoms with E-state index in [4.69, 9.17) is 9.47 Å². The van der Waals surface area contributed by atoms with Crippen LogP contribution in [-0.4, -0.2) is 25.9 Å². The Kier molecular flexibility index (Phi) is 7.01. The van der Waals surface area contributed by atoms with Crippen LogP contribution in [0.5, 0.6) is 0 Å². The van der Waals surface area contributed by atoms with Gasteiger partial charge in [-0.05, 0) is 63.2 Å². The van der Waals surface area contributed by atoms with Crippen LogP contribution in [0.25, 0.3) is 0 Å². The Morgan fingerprint density at radius 3 is 2.10 bits per heavy atom. The zero-order valence-electron chi connectivity index (χ0n) is 14.5. The quantitative estimate of drug-likeness (QED) is 0.590. The van der Waals surface area contributed by atoms with Crippen molar-refractivity contribution in [2.75, 3.05) is 14.2 Å². The van der Waals surface area contributed by atoms with Crippen molar-refractivity contribution < 1.29 is 9.47 Å². The third kappa shape index (κ3) is 4.45. The molecule has 2 rings (SSSR count). The molecule has 2 saturated carbocycles. The molecule has 2 heteroatoms. The summed E-state index contributed by atoms with van der Waals surface area (Å²) >= 11 is 0. The van der Waals surface area contributed by atoms with Crippen LogP contribution in [0.3, 0.4) is 0 Å². The molecule has 0 aromatic rings. The van der Waals surface area contributed by atoms with Crippen LogP contribution in [0, 0.1) is 11.8 Å². The van der Waals surface area contributed by atoms with E-state index < -0.39 is 0 Å². The van der Waals surface area contributed by atoms with Gasteiger partial charge in [-0.3, -0.25) is 0 Å². The van der Waals surface area contributed by atoms with Crippen molar-refractivity contribution in [3.05, 3.63) is 0 Å². The fourth-order valence-electron chi connectivity index (χ4n) is 4.74. The largest absolute Gasteiger partial charge is 0.381 e. The van der Waals surface area contributed by atoms with Gasteiger partial charge in [0, 0.05) is 14.2 Å². The summed E-state index contributed by atoms with van der Waals surface area (Å²) < 4.78 is 11.6. The van der Waals surface area contributed by atoms with E-state index in [-0.39, 0.29) is 5.60 Å². The summed E-state index contributed by atoms with van der Waals surface area (Å²) in [6.07, 6.45) is 16.6. The number of hydrogen-bond donors (Lipinski definition) is 0. The Hall–Kier alpha value is -0.0800. The monoisotopic (exact) mass is 296 g/mol. The predicted molar refractivity (Wildman–Crippen MR) is 88.6 cm³/mol. The summed E-state index contributed by atoms with van der Waals surface area (Å²) in [4.78, 5) is 0. The second kappa shape index (κ2) is 8.53. The lowest BCUT2D eigenvalue weighted by molar-refractivity contribution is -0.111. The Labute approximate surface area is 132 Å². The SMILES string of the molecule is CCCCC[C@H]1CC[C@@](OC)([C@H]2CC[C@H](OC)CC2)CC1. The van der Waals surface area contributed by atoms with E-state index in [0.717, 1.165) is 11.8 Å². The summed E-state index contributed by atoms with van der Waals surface area (Å²) in [5, 5.41) is 0. The van der Waals surface area contributed by atoms with Crippen LogP contribution in [0.15, 0.2) is 0 Å². The van der Waals surface area contributed by atoms with E-state index in [1.54, 1.807) is 0 Å². The molecule has 0 N–H and O–H groups in total. The lowest BCUT2D eigenvalue weighted by atomic mass is 9.66. The number of hydrogen-bond acceptors (Lipinski definition) is 2. The molecular weight excluding hydrogens is 260 g/mol. The second-order valence-corrected chi connectivity index (χ2v) is 7.42. The van der Waals surface area contributed by atoms with Crippen molar-refractivity contribution in [1.29, 1.82) is 0 Å². The maximum Gasteiger partial charge on any atom is 0.0707 e. The lowest BCUT2D eigenvalue weighted by Crippen LogP contribution is -2.45. The highest BCUT2D eigenvalue weighted by Crippen LogP contribution is 2.46. The van der Waals surface area contributed by atoms with Gasteiger partial charge >= 0.3 is 0 Å². The van der Waals surface area contributed by atoms with Crippen molar-refractivity contribution in [3.63, 3.8) is 0 Å². The summed E-state index contributed by atoms with van der Waals surface area (Å²) in [6, 6.07) is 0. The van der Waals surface area contributed by atoms with Crippen molar-refractivity contribution in [1.82, 2.24) is 0 Å². The highest BCUT2D eigenvalue weighted by molar-refractivity contribution is 4.94. The van der Waals surface area contributed by atoms with Gasteiger partial charge in [-0.15, -0.1) is 0 Å². The fraction of sp³-hybridized carbons (Fsp3) is 1.00. The molecule has 0 amide bonds. The highest BCUT2D eigenvalue weighted by atomic mass is 16.5. The molecular formula is C19H36O2. The molecule has 0 saturated heterocycles. The van der Waals surface area contributed by atoms with Crippen LogP contribution >= 0.6 is 0 Å². The smallest absolute Gasteiger partial charge is 0.0707 e. The number of ether oxygens (including phenoxy) is 2. The van der Waals surface area contributed by atoms with Gasteiger partial charge in [0.25, 0.3) is 0 Å². The summed E-state index contributed by atoms with van der Waals surface area (Å²) in [6.45, 7) is 2.30. The van der Waals surface area contributed by atoms with Gasteiger partial charge in [0.2, 0.25) is 0 Å². The fourth-order valence-corrected chi connectivity index (χ4v) is 4.74. The van der Waals surface area contributed by atoms with Crippen molar-refractivity contribution in [2.24, 2.45) is 11.8 Å². The third-order valence-electron chi connectivity index (χ3n) is 6.33. The van der Waals surface area contributed by atoms with Crippen molar-refractivity contribution >= 4 is 0 Å². The van der Waals surface area contributed by atoms with E-state index in [0.29, 0.717) is 6.10 Å². The molecule has 0 spiro atoms. The van der Waals surface area contributed by atoms with Crippen LogP contribution in [0.4, 0.5) is 0 Å². The Bertz CT molecular complexity index is 273. The number of unbranched alkanes of at least 4 members (excludes halogenated alkanes) is 2. The first-order chi connectivity index (χ1) is 10.2. The van der Waals surface area contributed by atoms with E-state index >= 15 is 0 Å². The molecule has 2 fully saturated rings. The van der Waals surface area contributed by atoms with Crippen molar-refractivity contribution in [2.45, 2.75) is 95.7 Å². The maximum atomic E-state index is 6.12. The maximum absolute atomic E-state index is 6.12. The highest BCUT2D eigenvalue weighted by Gasteiger charge is 2.43. The average molecular weight is 296 g/mol. The van der Waals surface area contributed by atoms with Gasteiger partial charge in [-0.1, -0.05) is 32.6 Å². The Balaban J connectivity index is 1.81. The number of methoxy groups -OCH3 is 2. The Morgan fingerprint density at radius 1 is 0.905 bits per heavy atom. The summed E-state index contributed by atoms with van der Waals surface area (Å²) in [7, 11) is 3.82. The molecule has 2 nitrogen and oxygen atoms in total. The molecule has 0 aliphatic heterocycles. The zero-order chi connectivity index (χ0) is 15.1. The molecule has 2 aliphatic carbocycles. The van der Waals surface area contributed by atoms with Crippen LogP contribution in [-0.2, 0) is 9.47 Å². The van der Waals surface area contributed by atoms with Gasteiger partial charge in [0.05, 0.1) is 11.7 Å². The first kappa shape index (κ1) is 17.3. The summed E-state index contributed by atoms with van der Waals surface area (Å²) in [5.41, 5.74) is 0.194. The Morgan fingerprint density at radius 2 is 1.57 bits per heavy atom. The number of rotatable bonds is 7. The standard InChI is InChI=1S/C19H36O2/c1-4-5-6-7-16-12-14-19(21-3,15-13-16)17-8-10-18(20-2)11-9-17/h16-18H,4-15H2,1-3H3/t16-,17-,18-,19-. The molecule has 0 bridgehead atoms. The van der Waals surface area contributed by atoms with Crippen molar-refractivity contribution in [3.8, 4) is 0 Å². The minimum absolute atomic E-state index is 0.194.